The first kappa shape index (κ1) is 14.9. The van der Waals surface area contributed by atoms with Gasteiger partial charge in [0.1, 0.15) is 11.5 Å². The number of amides is 1. The van der Waals surface area contributed by atoms with Crippen molar-refractivity contribution >= 4 is 30.1 Å². The number of carbonyl (C=O) groups is 1. The Morgan fingerprint density at radius 2 is 2.10 bits per heavy atom. The Morgan fingerprint density at radius 3 is 2.70 bits per heavy atom. The number of aromatic amines is 1. The number of benzene rings is 1. The minimum atomic E-state index is -0.174. The third kappa shape index (κ3) is 3.35. The molecule has 20 heavy (non-hydrogen) atoms. The van der Waals surface area contributed by atoms with Gasteiger partial charge in [0.2, 0.25) is 0 Å². The summed E-state index contributed by atoms with van der Waals surface area (Å²) in [5.41, 5.74) is 2.17. The number of nitrogens with one attached hydrogen (secondary N) is 2. The summed E-state index contributed by atoms with van der Waals surface area (Å²) in [5.74, 6) is 1.10. The summed E-state index contributed by atoms with van der Waals surface area (Å²) in [4.78, 5) is 19.6. The third-order valence-corrected chi connectivity index (χ3v) is 3.34. The van der Waals surface area contributed by atoms with Crippen molar-refractivity contribution < 1.29 is 4.79 Å². The van der Waals surface area contributed by atoms with Gasteiger partial charge in [0.05, 0.1) is 0 Å². The summed E-state index contributed by atoms with van der Waals surface area (Å²) in [6.07, 6.45) is 0.713. The normalized spacial score (nSPS) is 10.6. The van der Waals surface area contributed by atoms with Crippen LogP contribution in [-0.4, -0.2) is 28.2 Å². The zero-order valence-electron chi connectivity index (χ0n) is 11.1. The van der Waals surface area contributed by atoms with E-state index in [2.05, 4.69) is 27.9 Å². The van der Waals surface area contributed by atoms with E-state index >= 15 is 0 Å². The standard InChI is InChI=1S/C14H16ClN3OS/c1-2-11-12(14(19)16-7-8-20)18-13(17-11)9-3-5-10(15)6-4-9/h3-6,20H,2,7-8H2,1H3,(H,16,19)(H,17,18). The van der Waals surface area contributed by atoms with E-state index in [-0.39, 0.29) is 5.91 Å². The van der Waals surface area contributed by atoms with Crippen LogP contribution in [0.3, 0.4) is 0 Å². The molecule has 1 heterocycles. The minimum Gasteiger partial charge on any atom is -0.350 e. The number of carbonyl (C=O) groups excluding carboxylic acids is 1. The van der Waals surface area contributed by atoms with Crippen molar-refractivity contribution in [1.82, 2.24) is 15.3 Å². The number of rotatable bonds is 5. The van der Waals surface area contributed by atoms with Crippen molar-refractivity contribution in [2.45, 2.75) is 13.3 Å². The number of nitrogens with zero attached hydrogens (tertiary/aromatic N) is 1. The number of halogens is 1. The van der Waals surface area contributed by atoms with Crippen LogP contribution in [0.15, 0.2) is 24.3 Å². The molecule has 1 aromatic carbocycles. The number of hydrogen-bond acceptors (Lipinski definition) is 3. The zero-order valence-corrected chi connectivity index (χ0v) is 12.8. The number of aryl methyl sites for hydroxylation is 1. The van der Waals surface area contributed by atoms with Gasteiger partial charge < -0.3 is 10.3 Å². The van der Waals surface area contributed by atoms with E-state index in [1.165, 1.54) is 0 Å². The molecule has 0 fully saturated rings. The fourth-order valence-corrected chi connectivity index (χ4v) is 2.09. The molecule has 106 valence electrons. The Kier molecular flexibility index (Phi) is 5.09. The predicted octanol–water partition coefficient (Wildman–Crippen LogP) is 2.95. The second kappa shape index (κ2) is 6.81. The highest BCUT2D eigenvalue weighted by Crippen LogP contribution is 2.20. The van der Waals surface area contributed by atoms with Crippen LogP contribution in [0.5, 0.6) is 0 Å². The van der Waals surface area contributed by atoms with E-state index < -0.39 is 0 Å². The maximum atomic E-state index is 12.0. The Morgan fingerprint density at radius 1 is 1.40 bits per heavy atom. The maximum absolute atomic E-state index is 12.0. The second-order valence-corrected chi connectivity index (χ2v) is 5.14. The molecule has 0 atom stereocenters. The fourth-order valence-electron chi connectivity index (χ4n) is 1.85. The van der Waals surface area contributed by atoms with Crippen molar-refractivity contribution in [1.29, 1.82) is 0 Å². The van der Waals surface area contributed by atoms with Crippen LogP contribution in [0.25, 0.3) is 11.4 Å². The first-order chi connectivity index (χ1) is 9.65. The van der Waals surface area contributed by atoms with E-state index in [0.717, 1.165) is 11.3 Å². The Hall–Kier alpha value is -1.46. The summed E-state index contributed by atoms with van der Waals surface area (Å²) in [6, 6.07) is 7.34. The molecule has 0 unspecified atom stereocenters. The average Bonchev–Trinajstić information content (AvgIpc) is 2.89. The first-order valence-corrected chi connectivity index (χ1v) is 7.40. The van der Waals surface area contributed by atoms with Gasteiger partial charge in [-0.2, -0.15) is 12.6 Å². The number of imidazole rings is 1. The van der Waals surface area contributed by atoms with Gasteiger partial charge in [0.25, 0.3) is 5.91 Å². The number of hydrogen-bond donors (Lipinski definition) is 3. The lowest BCUT2D eigenvalue weighted by atomic mass is 10.2. The summed E-state index contributed by atoms with van der Waals surface area (Å²) >= 11 is 9.94. The van der Waals surface area contributed by atoms with Crippen molar-refractivity contribution in [2.75, 3.05) is 12.3 Å². The van der Waals surface area contributed by atoms with E-state index in [4.69, 9.17) is 11.6 Å². The molecule has 0 saturated carbocycles. The molecule has 0 aliphatic carbocycles. The van der Waals surface area contributed by atoms with E-state index in [1.54, 1.807) is 12.1 Å². The predicted molar refractivity (Wildman–Crippen MR) is 84.6 cm³/mol. The quantitative estimate of drug-likeness (QED) is 0.744. The lowest BCUT2D eigenvalue weighted by Gasteiger charge is -2.01. The third-order valence-electron chi connectivity index (χ3n) is 2.86. The number of H-pyrrole nitrogens is 1. The molecule has 1 amide bonds. The fraction of sp³-hybridized carbons (Fsp3) is 0.286. The summed E-state index contributed by atoms with van der Waals surface area (Å²) in [5, 5.41) is 3.45. The molecular weight excluding hydrogens is 294 g/mol. The lowest BCUT2D eigenvalue weighted by molar-refractivity contribution is 0.0951. The molecule has 0 aliphatic heterocycles. The van der Waals surface area contributed by atoms with Crippen LogP contribution >= 0.6 is 24.2 Å². The largest absolute Gasteiger partial charge is 0.350 e. The minimum absolute atomic E-state index is 0.174. The SMILES string of the molecule is CCc1[nH]c(-c2ccc(Cl)cc2)nc1C(=O)NCCS. The van der Waals surface area contributed by atoms with Crippen molar-refractivity contribution in [3.8, 4) is 11.4 Å². The smallest absolute Gasteiger partial charge is 0.271 e. The molecule has 0 spiro atoms. The molecule has 4 nitrogen and oxygen atoms in total. The lowest BCUT2D eigenvalue weighted by Crippen LogP contribution is -2.26. The van der Waals surface area contributed by atoms with Gasteiger partial charge in [-0.15, -0.1) is 0 Å². The van der Waals surface area contributed by atoms with Crippen molar-refractivity contribution in [3.05, 3.63) is 40.7 Å². The number of thiol groups is 1. The highest BCUT2D eigenvalue weighted by Gasteiger charge is 2.16. The van der Waals surface area contributed by atoms with Gasteiger partial charge in [-0.1, -0.05) is 18.5 Å². The highest BCUT2D eigenvalue weighted by atomic mass is 35.5. The molecule has 1 aromatic heterocycles. The van der Waals surface area contributed by atoms with Crippen LogP contribution in [0.1, 0.15) is 23.1 Å². The Labute approximate surface area is 128 Å². The molecule has 0 bridgehead atoms. The van der Waals surface area contributed by atoms with Gasteiger partial charge >= 0.3 is 0 Å². The maximum Gasteiger partial charge on any atom is 0.271 e. The average molecular weight is 310 g/mol. The van der Waals surface area contributed by atoms with Gasteiger partial charge in [-0.25, -0.2) is 4.98 Å². The van der Waals surface area contributed by atoms with Gasteiger partial charge in [-0.05, 0) is 30.7 Å². The van der Waals surface area contributed by atoms with Crippen LogP contribution in [0.4, 0.5) is 0 Å². The van der Waals surface area contributed by atoms with E-state index in [1.807, 2.05) is 19.1 Å². The van der Waals surface area contributed by atoms with Gasteiger partial charge in [-0.3, -0.25) is 4.79 Å². The van der Waals surface area contributed by atoms with E-state index in [9.17, 15) is 4.79 Å². The van der Waals surface area contributed by atoms with Crippen LogP contribution in [0, 0.1) is 0 Å². The zero-order chi connectivity index (χ0) is 14.5. The summed E-state index contributed by atoms with van der Waals surface area (Å²) in [6.45, 7) is 2.50. The molecule has 0 radical (unpaired) electrons. The second-order valence-electron chi connectivity index (χ2n) is 4.25. The monoisotopic (exact) mass is 309 g/mol. The molecule has 2 aromatic rings. The van der Waals surface area contributed by atoms with Gasteiger partial charge in [0, 0.05) is 28.6 Å². The molecule has 0 aliphatic rings. The first-order valence-electron chi connectivity index (χ1n) is 6.39. The Balaban J connectivity index is 2.30. The number of aromatic nitrogens is 2. The van der Waals surface area contributed by atoms with E-state index in [0.29, 0.717) is 35.3 Å². The molecular formula is C14H16ClN3OS. The van der Waals surface area contributed by atoms with Gasteiger partial charge in [0.15, 0.2) is 0 Å². The topological polar surface area (TPSA) is 57.8 Å². The highest BCUT2D eigenvalue weighted by molar-refractivity contribution is 7.80. The molecule has 6 heteroatoms. The van der Waals surface area contributed by atoms with Crippen LogP contribution in [-0.2, 0) is 6.42 Å². The molecule has 2 rings (SSSR count). The summed E-state index contributed by atoms with van der Waals surface area (Å²) < 4.78 is 0. The van der Waals surface area contributed by atoms with Crippen molar-refractivity contribution in [3.63, 3.8) is 0 Å². The molecule has 2 N–H and O–H groups in total. The van der Waals surface area contributed by atoms with Crippen molar-refractivity contribution in [2.24, 2.45) is 0 Å². The Bertz CT molecular complexity index is 595. The van der Waals surface area contributed by atoms with Crippen LogP contribution < -0.4 is 5.32 Å². The molecule has 0 saturated heterocycles. The van der Waals surface area contributed by atoms with Crippen LogP contribution in [0.2, 0.25) is 5.02 Å². The summed E-state index contributed by atoms with van der Waals surface area (Å²) in [7, 11) is 0.